The SMILES string of the molecule is Cc1cc(N2C(=S)N[C@@H](c3ccccn3)[C@@H]2c2cc(C)n(-c3ccccc3Br)c2C)ccc1F. The summed E-state index contributed by atoms with van der Waals surface area (Å²) in [7, 11) is 0. The topological polar surface area (TPSA) is 33.1 Å². The molecule has 3 heterocycles. The molecule has 0 radical (unpaired) electrons. The lowest BCUT2D eigenvalue weighted by Crippen LogP contribution is -2.29. The van der Waals surface area contributed by atoms with Crippen LogP contribution >= 0.6 is 28.1 Å². The first-order valence-electron chi connectivity index (χ1n) is 11.1. The summed E-state index contributed by atoms with van der Waals surface area (Å²) in [6.07, 6.45) is 1.80. The van der Waals surface area contributed by atoms with Gasteiger partial charge in [0, 0.05) is 27.7 Å². The van der Waals surface area contributed by atoms with Gasteiger partial charge in [0.25, 0.3) is 0 Å². The molecule has 2 aromatic heterocycles. The van der Waals surface area contributed by atoms with Gasteiger partial charge in [-0.3, -0.25) is 4.98 Å². The Morgan fingerprint density at radius 3 is 2.47 bits per heavy atom. The molecule has 0 spiro atoms. The molecule has 34 heavy (non-hydrogen) atoms. The number of aryl methyl sites for hydroxylation is 2. The second-order valence-corrected chi connectivity index (χ2v) is 9.78. The number of nitrogens with zero attached hydrogens (tertiary/aromatic N) is 3. The molecule has 0 saturated carbocycles. The number of nitrogens with one attached hydrogen (secondary N) is 1. The smallest absolute Gasteiger partial charge is 0.174 e. The van der Waals surface area contributed by atoms with Gasteiger partial charge in [0.05, 0.1) is 23.5 Å². The van der Waals surface area contributed by atoms with Gasteiger partial charge in [0.15, 0.2) is 5.11 Å². The fourth-order valence-corrected chi connectivity index (χ4v) is 5.63. The van der Waals surface area contributed by atoms with Crippen molar-refractivity contribution < 1.29 is 4.39 Å². The number of halogens is 2. The van der Waals surface area contributed by atoms with E-state index in [-0.39, 0.29) is 17.9 Å². The molecule has 1 aliphatic heterocycles. The summed E-state index contributed by atoms with van der Waals surface area (Å²) in [5, 5.41) is 4.09. The van der Waals surface area contributed by atoms with E-state index in [2.05, 4.69) is 61.7 Å². The van der Waals surface area contributed by atoms with Crippen LogP contribution in [0.15, 0.2) is 77.4 Å². The third-order valence-electron chi connectivity index (χ3n) is 6.40. The number of benzene rings is 2. The van der Waals surface area contributed by atoms with Crippen molar-refractivity contribution in [2.45, 2.75) is 32.9 Å². The monoisotopic (exact) mass is 534 g/mol. The lowest BCUT2D eigenvalue weighted by molar-refractivity contribution is 0.564. The average Bonchev–Trinajstić information content (AvgIpc) is 3.32. The fraction of sp³-hybridized carbons (Fsp3) is 0.185. The molecule has 1 saturated heterocycles. The molecule has 5 rings (SSSR count). The van der Waals surface area contributed by atoms with Gasteiger partial charge in [-0.1, -0.05) is 18.2 Å². The number of rotatable bonds is 4. The Morgan fingerprint density at radius 1 is 1.00 bits per heavy atom. The predicted molar refractivity (Wildman–Crippen MR) is 142 cm³/mol. The van der Waals surface area contributed by atoms with E-state index >= 15 is 0 Å². The maximum atomic E-state index is 14.1. The van der Waals surface area contributed by atoms with Gasteiger partial charge in [-0.2, -0.15) is 0 Å². The van der Waals surface area contributed by atoms with Crippen LogP contribution in [0.2, 0.25) is 0 Å². The lowest BCUT2D eigenvalue weighted by Gasteiger charge is -2.28. The van der Waals surface area contributed by atoms with Crippen LogP contribution in [0.4, 0.5) is 10.1 Å². The van der Waals surface area contributed by atoms with Gasteiger partial charge in [-0.25, -0.2) is 4.39 Å². The van der Waals surface area contributed by atoms with Crippen LogP contribution in [0.3, 0.4) is 0 Å². The average molecular weight is 535 g/mol. The Hall–Kier alpha value is -3.03. The summed E-state index contributed by atoms with van der Waals surface area (Å²) in [5.74, 6) is -0.230. The van der Waals surface area contributed by atoms with Gasteiger partial charge in [-0.05, 0) is 109 Å². The standard InChI is InChI=1S/C27H24BrFN4S/c1-16-14-19(11-12-22(16)29)33-26(25(31-27(33)34)23-9-6-7-13-30-23)20-15-17(2)32(18(20)3)24-10-5-4-8-21(24)28/h4-15,25-26H,1-3H3,(H,31,34)/t25-,26-/m0/s1. The molecule has 1 N–H and O–H groups in total. The summed E-state index contributed by atoms with van der Waals surface area (Å²) in [6.45, 7) is 6.01. The highest BCUT2D eigenvalue weighted by atomic mass is 79.9. The zero-order valence-electron chi connectivity index (χ0n) is 19.1. The van der Waals surface area contributed by atoms with Crippen molar-refractivity contribution in [3.05, 3.63) is 111 Å². The minimum Gasteiger partial charge on any atom is -0.351 e. The largest absolute Gasteiger partial charge is 0.351 e. The van der Waals surface area contributed by atoms with Gasteiger partial charge in [-0.15, -0.1) is 0 Å². The van der Waals surface area contributed by atoms with Crippen LogP contribution in [0.5, 0.6) is 0 Å². The highest BCUT2D eigenvalue weighted by Crippen LogP contribution is 2.44. The molecule has 0 bridgehead atoms. The number of para-hydroxylation sites is 1. The van der Waals surface area contributed by atoms with E-state index in [0.717, 1.165) is 38.5 Å². The van der Waals surface area contributed by atoms with Crippen LogP contribution in [0.1, 0.15) is 40.3 Å². The maximum absolute atomic E-state index is 14.1. The Morgan fingerprint density at radius 2 is 1.76 bits per heavy atom. The van der Waals surface area contributed by atoms with Gasteiger partial charge in [0.1, 0.15) is 5.82 Å². The number of thiocarbonyl (C=S) groups is 1. The van der Waals surface area contributed by atoms with E-state index in [1.54, 1.807) is 19.2 Å². The quantitative estimate of drug-likeness (QED) is 0.289. The first kappa shape index (κ1) is 22.7. The Balaban J connectivity index is 1.70. The van der Waals surface area contributed by atoms with Gasteiger partial charge < -0.3 is 14.8 Å². The second-order valence-electron chi connectivity index (χ2n) is 8.54. The molecular weight excluding hydrogens is 511 g/mol. The third-order valence-corrected chi connectivity index (χ3v) is 7.39. The molecule has 1 fully saturated rings. The summed E-state index contributed by atoms with van der Waals surface area (Å²) >= 11 is 9.53. The first-order chi connectivity index (χ1) is 16.4. The maximum Gasteiger partial charge on any atom is 0.174 e. The summed E-state index contributed by atoms with van der Waals surface area (Å²) in [6, 6.07) is 21.1. The van der Waals surface area contributed by atoms with Crippen LogP contribution in [0.25, 0.3) is 5.69 Å². The zero-order valence-corrected chi connectivity index (χ0v) is 21.5. The van der Waals surface area contributed by atoms with E-state index in [9.17, 15) is 4.39 Å². The number of hydrogen-bond acceptors (Lipinski definition) is 2. The molecule has 7 heteroatoms. The van der Waals surface area contributed by atoms with Crippen LogP contribution < -0.4 is 10.2 Å². The van der Waals surface area contributed by atoms with Crippen LogP contribution in [-0.2, 0) is 0 Å². The van der Waals surface area contributed by atoms with Crippen molar-refractivity contribution in [1.29, 1.82) is 0 Å². The highest BCUT2D eigenvalue weighted by molar-refractivity contribution is 9.10. The normalized spacial score (nSPS) is 17.8. The lowest BCUT2D eigenvalue weighted by atomic mass is 9.96. The van der Waals surface area contributed by atoms with Gasteiger partial charge in [0.2, 0.25) is 0 Å². The summed E-state index contributed by atoms with van der Waals surface area (Å²) in [4.78, 5) is 6.73. The predicted octanol–water partition coefficient (Wildman–Crippen LogP) is 6.88. The Labute approximate surface area is 212 Å². The first-order valence-corrected chi connectivity index (χ1v) is 12.3. The van der Waals surface area contributed by atoms with Crippen LogP contribution in [-0.4, -0.2) is 14.7 Å². The molecule has 172 valence electrons. The second kappa shape index (κ2) is 8.96. The number of anilines is 1. The molecular formula is C27H24BrFN4S. The number of hydrogen-bond donors (Lipinski definition) is 1. The fourth-order valence-electron chi connectivity index (χ4n) is 4.82. The third kappa shape index (κ3) is 3.83. The zero-order chi connectivity index (χ0) is 24.0. The summed E-state index contributed by atoms with van der Waals surface area (Å²) in [5.41, 5.74) is 6.79. The Kier molecular flexibility index (Phi) is 6.00. The van der Waals surface area contributed by atoms with Crippen molar-refractivity contribution in [2.75, 3.05) is 4.90 Å². The molecule has 0 amide bonds. The molecule has 2 aromatic carbocycles. The molecule has 2 atom stereocenters. The highest BCUT2D eigenvalue weighted by Gasteiger charge is 2.42. The molecule has 0 aliphatic carbocycles. The van der Waals surface area contributed by atoms with Crippen LogP contribution in [0, 0.1) is 26.6 Å². The summed E-state index contributed by atoms with van der Waals surface area (Å²) < 4.78 is 17.4. The van der Waals surface area contributed by atoms with Crippen molar-refractivity contribution in [3.63, 3.8) is 0 Å². The minimum absolute atomic E-state index is 0.158. The van der Waals surface area contributed by atoms with Crippen molar-refractivity contribution >= 4 is 38.9 Å². The van der Waals surface area contributed by atoms with Crippen molar-refractivity contribution in [3.8, 4) is 5.69 Å². The van der Waals surface area contributed by atoms with E-state index in [0.29, 0.717) is 10.7 Å². The molecule has 1 aliphatic rings. The molecule has 4 aromatic rings. The number of pyridine rings is 1. The minimum atomic E-state index is -0.230. The van der Waals surface area contributed by atoms with E-state index < -0.39 is 0 Å². The van der Waals surface area contributed by atoms with Gasteiger partial charge >= 0.3 is 0 Å². The molecule has 4 nitrogen and oxygen atoms in total. The van der Waals surface area contributed by atoms with Crippen molar-refractivity contribution in [1.82, 2.24) is 14.9 Å². The van der Waals surface area contributed by atoms with E-state index in [1.165, 1.54) is 6.07 Å². The van der Waals surface area contributed by atoms with E-state index in [4.69, 9.17) is 12.2 Å². The Bertz CT molecular complexity index is 1380. The van der Waals surface area contributed by atoms with Crippen molar-refractivity contribution in [2.24, 2.45) is 0 Å². The number of aromatic nitrogens is 2. The molecule has 0 unspecified atom stereocenters. The van der Waals surface area contributed by atoms with E-state index in [1.807, 2.05) is 42.5 Å².